The molecule has 0 saturated carbocycles. The summed E-state index contributed by atoms with van der Waals surface area (Å²) in [6.07, 6.45) is 1.39. The van der Waals surface area contributed by atoms with Crippen LogP contribution in [0.15, 0.2) is 40.8 Å². The third-order valence-electron chi connectivity index (χ3n) is 4.43. The standard InChI is InChI=1S/C19H24N2O3/c1-2-17-7-8-18(24-17)19(23)20-11-14-5-3-4-6-15(14)12-21-10-9-16(22)13-21/h3-8,16,22H,2,9-13H2,1H3,(H,20,23). The molecule has 1 aliphatic heterocycles. The largest absolute Gasteiger partial charge is 0.456 e. The van der Waals surface area contributed by atoms with Crippen molar-refractivity contribution < 1.29 is 14.3 Å². The molecule has 2 heterocycles. The lowest BCUT2D eigenvalue weighted by atomic mass is 10.1. The van der Waals surface area contributed by atoms with Crippen LogP contribution in [-0.4, -0.2) is 35.1 Å². The van der Waals surface area contributed by atoms with E-state index < -0.39 is 0 Å². The number of carbonyl (C=O) groups is 1. The van der Waals surface area contributed by atoms with Crippen molar-refractivity contribution in [2.24, 2.45) is 0 Å². The van der Waals surface area contributed by atoms with Gasteiger partial charge < -0.3 is 14.8 Å². The van der Waals surface area contributed by atoms with Gasteiger partial charge >= 0.3 is 0 Å². The fourth-order valence-corrected chi connectivity index (χ4v) is 3.03. The minimum atomic E-state index is -0.219. The van der Waals surface area contributed by atoms with E-state index in [2.05, 4.69) is 16.3 Å². The summed E-state index contributed by atoms with van der Waals surface area (Å²) in [6, 6.07) is 11.6. The summed E-state index contributed by atoms with van der Waals surface area (Å²) in [5.41, 5.74) is 2.27. The minimum absolute atomic E-state index is 0.193. The fraction of sp³-hybridized carbons (Fsp3) is 0.421. The first kappa shape index (κ1) is 16.7. The van der Waals surface area contributed by atoms with E-state index in [0.717, 1.165) is 37.3 Å². The minimum Gasteiger partial charge on any atom is -0.456 e. The highest BCUT2D eigenvalue weighted by Gasteiger charge is 2.20. The zero-order valence-corrected chi connectivity index (χ0v) is 14.0. The normalized spacial score (nSPS) is 18.0. The Hall–Kier alpha value is -2.11. The lowest BCUT2D eigenvalue weighted by molar-refractivity contribution is 0.0921. The summed E-state index contributed by atoms with van der Waals surface area (Å²) in [5, 5.41) is 12.6. The van der Waals surface area contributed by atoms with Gasteiger partial charge in [-0.05, 0) is 29.7 Å². The lowest BCUT2D eigenvalue weighted by Crippen LogP contribution is -2.25. The number of carbonyl (C=O) groups excluding carboxylic acids is 1. The number of aliphatic hydroxyl groups excluding tert-OH is 1. The Labute approximate surface area is 142 Å². The second-order valence-corrected chi connectivity index (χ2v) is 6.25. The van der Waals surface area contributed by atoms with Crippen molar-refractivity contribution in [1.82, 2.24) is 10.2 Å². The Morgan fingerprint density at radius 1 is 1.29 bits per heavy atom. The third kappa shape index (κ3) is 4.04. The van der Waals surface area contributed by atoms with Crippen LogP contribution >= 0.6 is 0 Å². The van der Waals surface area contributed by atoms with Gasteiger partial charge in [0.05, 0.1) is 6.10 Å². The van der Waals surface area contributed by atoms with Crippen molar-refractivity contribution in [3.63, 3.8) is 0 Å². The first-order chi connectivity index (χ1) is 11.7. The molecule has 24 heavy (non-hydrogen) atoms. The van der Waals surface area contributed by atoms with Gasteiger partial charge in [0, 0.05) is 32.6 Å². The van der Waals surface area contributed by atoms with Gasteiger partial charge in [0.1, 0.15) is 5.76 Å². The van der Waals surface area contributed by atoms with E-state index in [-0.39, 0.29) is 12.0 Å². The monoisotopic (exact) mass is 328 g/mol. The number of nitrogens with one attached hydrogen (secondary N) is 1. The molecule has 1 saturated heterocycles. The Morgan fingerprint density at radius 2 is 2.08 bits per heavy atom. The number of rotatable bonds is 6. The van der Waals surface area contributed by atoms with E-state index in [1.54, 1.807) is 6.07 Å². The molecule has 1 amide bonds. The predicted octanol–water partition coefficient (Wildman–Crippen LogP) is 2.34. The second kappa shape index (κ2) is 7.64. The first-order valence-electron chi connectivity index (χ1n) is 8.50. The molecule has 1 fully saturated rings. The summed E-state index contributed by atoms with van der Waals surface area (Å²) in [7, 11) is 0. The van der Waals surface area contributed by atoms with Crippen molar-refractivity contribution in [3.05, 3.63) is 59.0 Å². The highest BCUT2D eigenvalue weighted by Crippen LogP contribution is 2.17. The van der Waals surface area contributed by atoms with Gasteiger partial charge in [-0.25, -0.2) is 0 Å². The Bertz CT molecular complexity index is 695. The van der Waals surface area contributed by atoms with Crippen molar-refractivity contribution in [2.45, 2.75) is 39.0 Å². The van der Waals surface area contributed by atoms with E-state index >= 15 is 0 Å². The van der Waals surface area contributed by atoms with Gasteiger partial charge in [-0.2, -0.15) is 0 Å². The number of β-amino-alcohol motifs (C(OH)–C–C–N with tert-alkyl or cyclic N) is 1. The van der Waals surface area contributed by atoms with Gasteiger partial charge in [-0.1, -0.05) is 31.2 Å². The Kier molecular flexibility index (Phi) is 5.33. The average Bonchev–Trinajstić information content (AvgIpc) is 3.23. The van der Waals surface area contributed by atoms with Gasteiger partial charge in [0.2, 0.25) is 0 Å². The molecule has 0 bridgehead atoms. The van der Waals surface area contributed by atoms with Crippen LogP contribution in [0.5, 0.6) is 0 Å². The van der Waals surface area contributed by atoms with Crippen LogP contribution in [0.25, 0.3) is 0 Å². The third-order valence-corrected chi connectivity index (χ3v) is 4.43. The molecule has 1 aromatic heterocycles. The zero-order chi connectivity index (χ0) is 16.9. The van der Waals surface area contributed by atoms with Crippen LogP contribution in [0, 0.1) is 0 Å². The molecule has 2 aromatic rings. The summed E-state index contributed by atoms with van der Waals surface area (Å²) in [4.78, 5) is 14.4. The van der Waals surface area contributed by atoms with Crippen LogP contribution in [0.3, 0.4) is 0 Å². The van der Waals surface area contributed by atoms with E-state index in [4.69, 9.17) is 4.42 Å². The van der Waals surface area contributed by atoms with E-state index in [9.17, 15) is 9.90 Å². The number of furan rings is 1. The maximum absolute atomic E-state index is 12.2. The van der Waals surface area contributed by atoms with Gasteiger partial charge in [-0.15, -0.1) is 0 Å². The number of aryl methyl sites for hydroxylation is 1. The molecular weight excluding hydrogens is 304 g/mol. The number of nitrogens with zero attached hydrogens (tertiary/aromatic N) is 1. The average molecular weight is 328 g/mol. The molecule has 1 atom stereocenters. The summed E-state index contributed by atoms with van der Waals surface area (Å²) >= 11 is 0. The molecule has 128 valence electrons. The zero-order valence-electron chi connectivity index (χ0n) is 14.0. The van der Waals surface area contributed by atoms with Crippen LogP contribution < -0.4 is 5.32 Å². The van der Waals surface area contributed by atoms with E-state index in [1.165, 1.54) is 5.56 Å². The SMILES string of the molecule is CCc1ccc(C(=O)NCc2ccccc2CN2CCC(O)C2)o1. The second-order valence-electron chi connectivity index (χ2n) is 6.25. The Balaban J connectivity index is 1.61. The fourth-order valence-electron chi connectivity index (χ4n) is 3.03. The number of aliphatic hydroxyl groups is 1. The smallest absolute Gasteiger partial charge is 0.287 e. The molecule has 0 aliphatic carbocycles. The van der Waals surface area contributed by atoms with Crippen LogP contribution in [0.2, 0.25) is 0 Å². The highest BCUT2D eigenvalue weighted by molar-refractivity contribution is 5.91. The molecular formula is C19H24N2O3. The molecule has 1 unspecified atom stereocenters. The predicted molar refractivity (Wildman–Crippen MR) is 91.6 cm³/mol. The van der Waals surface area contributed by atoms with Crippen molar-refractivity contribution in [3.8, 4) is 0 Å². The molecule has 1 aliphatic rings. The number of benzene rings is 1. The lowest BCUT2D eigenvalue weighted by Gasteiger charge is -2.17. The molecule has 5 heteroatoms. The quantitative estimate of drug-likeness (QED) is 0.854. The van der Waals surface area contributed by atoms with Gasteiger partial charge in [0.15, 0.2) is 5.76 Å². The molecule has 5 nitrogen and oxygen atoms in total. The van der Waals surface area contributed by atoms with Gasteiger partial charge in [0.25, 0.3) is 5.91 Å². The molecule has 3 rings (SSSR count). The van der Waals surface area contributed by atoms with Crippen LogP contribution in [-0.2, 0) is 19.5 Å². The van der Waals surface area contributed by atoms with E-state index in [0.29, 0.717) is 18.8 Å². The van der Waals surface area contributed by atoms with Crippen molar-refractivity contribution in [2.75, 3.05) is 13.1 Å². The summed E-state index contributed by atoms with van der Waals surface area (Å²) < 4.78 is 5.48. The van der Waals surface area contributed by atoms with Crippen LogP contribution in [0.1, 0.15) is 40.8 Å². The van der Waals surface area contributed by atoms with Crippen LogP contribution in [0.4, 0.5) is 0 Å². The summed E-state index contributed by atoms with van der Waals surface area (Å²) in [6.45, 7) is 4.88. The van der Waals surface area contributed by atoms with Crippen molar-refractivity contribution >= 4 is 5.91 Å². The maximum atomic E-state index is 12.2. The summed E-state index contributed by atoms with van der Waals surface area (Å²) in [5.74, 6) is 0.973. The topological polar surface area (TPSA) is 65.7 Å². The number of likely N-dealkylation sites (tertiary alicyclic amines) is 1. The number of hydrogen-bond donors (Lipinski definition) is 2. The van der Waals surface area contributed by atoms with Crippen molar-refractivity contribution in [1.29, 1.82) is 0 Å². The van der Waals surface area contributed by atoms with Gasteiger partial charge in [-0.3, -0.25) is 9.69 Å². The molecule has 2 N–H and O–H groups in total. The number of hydrogen-bond acceptors (Lipinski definition) is 4. The molecule has 1 aromatic carbocycles. The number of amides is 1. The highest BCUT2D eigenvalue weighted by atomic mass is 16.3. The molecule has 0 radical (unpaired) electrons. The Morgan fingerprint density at radius 3 is 2.75 bits per heavy atom. The first-order valence-corrected chi connectivity index (χ1v) is 8.50. The molecule has 0 spiro atoms. The van der Waals surface area contributed by atoms with E-state index in [1.807, 2.05) is 31.2 Å². The maximum Gasteiger partial charge on any atom is 0.287 e.